The molecule has 0 radical (unpaired) electrons. The summed E-state index contributed by atoms with van der Waals surface area (Å²) in [5, 5.41) is 0. The minimum atomic E-state index is -0.406. The van der Waals surface area contributed by atoms with Crippen LogP contribution in [0.5, 0.6) is 0 Å². The number of hydrogen-bond acceptors (Lipinski definition) is 3. The summed E-state index contributed by atoms with van der Waals surface area (Å²) in [5.74, 6) is -1.04. The van der Waals surface area contributed by atoms with Crippen LogP contribution in [0.4, 0.5) is 0 Å². The van der Waals surface area contributed by atoms with Crippen LogP contribution in [0.3, 0.4) is 0 Å². The van der Waals surface area contributed by atoms with Gasteiger partial charge in [0.15, 0.2) is 0 Å². The number of likely N-dealkylation sites (tertiary alicyclic amines) is 1. The van der Waals surface area contributed by atoms with Crippen molar-refractivity contribution in [3.05, 3.63) is 0 Å². The van der Waals surface area contributed by atoms with E-state index in [1.165, 1.54) is 0 Å². The second kappa shape index (κ2) is 6.68. The molecule has 5 nitrogen and oxygen atoms in total. The maximum absolute atomic E-state index is 12.3. The Morgan fingerprint density at radius 2 is 2.11 bits per heavy atom. The van der Waals surface area contributed by atoms with Gasteiger partial charge in [-0.1, -0.05) is 25.6 Å². The third-order valence-corrected chi connectivity index (χ3v) is 3.64. The second-order valence-corrected chi connectivity index (χ2v) is 5.24. The molecular formula is C12H21N3O2S. The normalized spacial score (nSPS) is 21.4. The molecule has 0 aromatic carbocycles. The molecule has 2 atom stereocenters. The van der Waals surface area contributed by atoms with E-state index in [2.05, 4.69) is 0 Å². The predicted molar refractivity (Wildman–Crippen MR) is 73.7 cm³/mol. The SMILES string of the molecule is CCCC(C(=O)N1CCCC(C(N)=O)C1)C(N)=S. The van der Waals surface area contributed by atoms with E-state index in [1.54, 1.807) is 4.90 Å². The van der Waals surface area contributed by atoms with Gasteiger partial charge in [0.1, 0.15) is 0 Å². The van der Waals surface area contributed by atoms with Crippen LogP contribution in [0.2, 0.25) is 0 Å². The van der Waals surface area contributed by atoms with Crippen LogP contribution in [0.1, 0.15) is 32.6 Å². The Bertz CT molecular complexity index is 346. The van der Waals surface area contributed by atoms with Crippen LogP contribution in [0, 0.1) is 11.8 Å². The standard InChI is InChI=1S/C12H21N3O2S/c1-2-4-9(11(14)18)12(17)15-6-3-5-8(7-15)10(13)16/h8-9H,2-7H2,1H3,(H2,13,16)(H2,14,18). The van der Waals surface area contributed by atoms with Crippen molar-refractivity contribution in [1.82, 2.24) is 4.90 Å². The smallest absolute Gasteiger partial charge is 0.232 e. The Morgan fingerprint density at radius 3 is 2.61 bits per heavy atom. The highest BCUT2D eigenvalue weighted by Gasteiger charge is 2.31. The molecule has 102 valence electrons. The summed E-state index contributed by atoms with van der Waals surface area (Å²) < 4.78 is 0. The van der Waals surface area contributed by atoms with Crippen molar-refractivity contribution < 1.29 is 9.59 Å². The highest BCUT2D eigenvalue weighted by molar-refractivity contribution is 7.80. The van der Waals surface area contributed by atoms with E-state index in [0.29, 0.717) is 19.5 Å². The molecule has 1 heterocycles. The lowest BCUT2D eigenvalue weighted by atomic mass is 9.95. The molecule has 1 aliphatic rings. The summed E-state index contributed by atoms with van der Waals surface area (Å²) in [6.07, 6.45) is 3.06. The summed E-state index contributed by atoms with van der Waals surface area (Å²) in [4.78, 5) is 25.4. The first-order valence-corrected chi connectivity index (χ1v) is 6.75. The number of nitrogens with two attached hydrogens (primary N) is 2. The van der Waals surface area contributed by atoms with Crippen LogP contribution in [0.15, 0.2) is 0 Å². The van der Waals surface area contributed by atoms with Crippen molar-refractivity contribution in [2.45, 2.75) is 32.6 Å². The molecule has 0 saturated carbocycles. The number of piperidine rings is 1. The molecule has 18 heavy (non-hydrogen) atoms. The zero-order valence-electron chi connectivity index (χ0n) is 10.7. The zero-order chi connectivity index (χ0) is 13.7. The zero-order valence-corrected chi connectivity index (χ0v) is 11.5. The first kappa shape index (κ1) is 14.9. The largest absolute Gasteiger partial charge is 0.393 e. The van der Waals surface area contributed by atoms with Gasteiger partial charge in [-0.3, -0.25) is 9.59 Å². The summed E-state index contributed by atoms with van der Waals surface area (Å²) >= 11 is 4.95. The van der Waals surface area contributed by atoms with E-state index >= 15 is 0 Å². The number of nitrogens with zero attached hydrogens (tertiary/aromatic N) is 1. The fraction of sp³-hybridized carbons (Fsp3) is 0.750. The number of amides is 2. The summed E-state index contributed by atoms with van der Waals surface area (Å²) in [5.41, 5.74) is 10.9. The molecule has 0 spiro atoms. The molecule has 0 aromatic heterocycles. The number of rotatable bonds is 5. The monoisotopic (exact) mass is 271 g/mol. The van der Waals surface area contributed by atoms with Crippen molar-refractivity contribution in [2.24, 2.45) is 23.3 Å². The maximum atomic E-state index is 12.3. The fourth-order valence-electron chi connectivity index (χ4n) is 2.31. The van der Waals surface area contributed by atoms with Gasteiger partial charge >= 0.3 is 0 Å². The quantitative estimate of drug-likeness (QED) is 0.709. The van der Waals surface area contributed by atoms with E-state index < -0.39 is 5.92 Å². The Kier molecular flexibility index (Phi) is 5.53. The van der Waals surface area contributed by atoms with Gasteiger partial charge in [0, 0.05) is 13.1 Å². The topological polar surface area (TPSA) is 89.4 Å². The number of primary amides is 1. The molecule has 0 aliphatic carbocycles. The van der Waals surface area contributed by atoms with Crippen LogP contribution in [-0.4, -0.2) is 34.8 Å². The number of carbonyl (C=O) groups is 2. The van der Waals surface area contributed by atoms with Gasteiger partial charge in [0.25, 0.3) is 0 Å². The molecule has 0 bridgehead atoms. The minimum Gasteiger partial charge on any atom is -0.393 e. The lowest BCUT2D eigenvalue weighted by molar-refractivity contribution is -0.137. The summed E-state index contributed by atoms with van der Waals surface area (Å²) in [6.45, 7) is 3.05. The molecule has 1 aliphatic heterocycles. The molecule has 2 amide bonds. The molecule has 2 unspecified atom stereocenters. The van der Waals surface area contributed by atoms with Crippen molar-refractivity contribution in [2.75, 3.05) is 13.1 Å². The molecule has 6 heteroatoms. The Morgan fingerprint density at radius 1 is 1.44 bits per heavy atom. The van der Waals surface area contributed by atoms with Gasteiger partial charge in [-0.05, 0) is 19.3 Å². The van der Waals surface area contributed by atoms with E-state index in [9.17, 15) is 9.59 Å². The van der Waals surface area contributed by atoms with Crippen LogP contribution in [0.25, 0.3) is 0 Å². The molecule has 1 rings (SSSR count). The van der Waals surface area contributed by atoms with Crippen LogP contribution < -0.4 is 11.5 Å². The van der Waals surface area contributed by atoms with Gasteiger partial charge in [-0.15, -0.1) is 0 Å². The minimum absolute atomic E-state index is 0.0599. The molecular weight excluding hydrogens is 250 g/mol. The second-order valence-electron chi connectivity index (χ2n) is 4.77. The molecule has 1 fully saturated rings. The number of hydrogen-bond donors (Lipinski definition) is 2. The van der Waals surface area contributed by atoms with Crippen molar-refractivity contribution in [1.29, 1.82) is 0 Å². The van der Waals surface area contributed by atoms with Crippen LogP contribution in [-0.2, 0) is 9.59 Å². The maximum Gasteiger partial charge on any atom is 0.232 e. The Labute approximate surface area is 113 Å². The lowest BCUT2D eigenvalue weighted by Gasteiger charge is -2.33. The first-order chi connectivity index (χ1) is 8.47. The molecule has 4 N–H and O–H groups in total. The molecule has 1 saturated heterocycles. The molecule has 0 aromatic rings. The highest BCUT2D eigenvalue weighted by Crippen LogP contribution is 2.20. The van der Waals surface area contributed by atoms with Gasteiger partial charge in [-0.25, -0.2) is 0 Å². The van der Waals surface area contributed by atoms with Crippen molar-refractivity contribution in [3.63, 3.8) is 0 Å². The van der Waals surface area contributed by atoms with Crippen molar-refractivity contribution >= 4 is 29.0 Å². The van der Waals surface area contributed by atoms with Gasteiger partial charge < -0.3 is 16.4 Å². The van der Waals surface area contributed by atoms with Crippen molar-refractivity contribution in [3.8, 4) is 0 Å². The Hall–Kier alpha value is -1.17. The van der Waals surface area contributed by atoms with E-state index in [-0.39, 0.29) is 22.7 Å². The lowest BCUT2D eigenvalue weighted by Crippen LogP contribution is -2.48. The summed E-state index contributed by atoms with van der Waals surface area (Å²) in [6, 6.07) is 0. The fourth-order valence-corrected chi connectivity index (χ4v) is 2.52. The number of carbonyl (C=O) groups excluding carboxylic acids is 2. The van der Waals surface area contributed by atoms with E-state index in [1.807, 2.05) is 6.92 Å². The van der Waals surface area contributed by atoms with E-state index in [0.717, 1.165) is 19.3 Å². The van der Waals surface area contributed by atoms with Crippen LogP contribution >= 0.6 is 12.2 Å². The first-order valence-electron chi connectivity index (χ1n) is 6.34. The Balaban J connectivity index is 2.69. The third-order valence-electron chi connectivity index (χ3n) is 3.35. The highest BCUT2D eigenvalue weighted by atomic mass is 32.1. The summed E-state index contributed by atoms with van der Waals surface area (Å²) in [7, 11) is 0. The third kappa shape index (κ3) is 3.66. The predicted octanol–water partition coefficient (Wildman–Crippen LogP) is 0.413. The number of thiocarbonyl (C=S) groups is 1. The average molecular weight is 271 g/mol. The van der Waals surface area contributed by atoms with Gasteiger partial charge in [-0.2, -0.15) is 0 Å². The average Bonchev–Trinajstić information content (AvgIpc) is 2.35. The van der Waals surface area contributed by atoms with E-state index in [4.69, 9.17) is 23.7 Å². The van der Waals surface area contributed by atoms with Gasteiger partial charge in [0.05, 0.1) is 16.8 Å². The van der Waals surface area contributed by atoms with Gasteiger partial charge in [0.2, 0.25) is 11.8 Å².